The predicted octanol–water partition coefficient (Wildman–Crippen LogP) is 19.4. The number of ether oxygens (including phenoxy) is 1. The molecule has 0 aromatic rings. The van der Waals surface area contributed by atoms with Gasteiger partial charge in [0.1, 0.15) is 0 Å². The van der Waals surface area contributed by atoms with Gasteiger partial charge in [0.25, 0.3) is 0 Å². The van der Waals surface area contributed by atoms with Crippen molar-refractivity contribution in [2.24, 2.45) is 0 Å². The highest BCUT2D eigenvalue weighted by atomic mass is 16.5. The van der Waals surface area contributed by atoms with Gasteiger partial charge in [-0.05, 0) is 57.8 Å². The van der Waals surface area contributed by atoms with Gasteiger partial charge in [-0.25, -0.2) is 0 Å². The third-order valence-electron chi connectivity index (χ3n) is 14.5. The fourth-order valence-corrected chi connectivity index (χ4v) is 9.69. The van der Waals surface area contributed by atoms with Gasteiger partial charge in [-0.2, -0.15) is 0 Å². The number of esters is 1. The number of aliphatic hydroxyl groups excluding tert-OH is 2. The first kappa shape index (κ1) is 67.3. The summed E-state index contributed by atoms with van der Waals surface area (Å²) in [4.78, 5) is 24.4. The Bertz CT molecular complexity index is 1080. The highest BCUT2D eigenvalue weighted by Gasteiger charge is 2.18. The van der Waals surface area contributed by atoms with E-state index in [9.17, 15) is 19.8 Å². The predicted molar refractivity (Wildman–Crippen MR) is 301 cm³/mol. The molecule has 0 radical (unpaired) electrons. The summed E-state index contributed by atoms with van der Waals surface area (Å²) in [6.07, 6.45) is 72.4. The molecule has 2 unspecified atom stereocenters. The van der Waals surface area contributed by atoms with Crippen molar-refractivity contribution in [1.29, 1.82) is 0 Å². The molecule has 0 saturated carbocycles. The van der Waals surface area contributed by atoms with E-state index in [-0.39, 0.29) is 18.5 Å². The molecule has 0 aromatic heterocycles. The second-order valence-electron chi connectivity index (χ2n) is 21.4. The molecule has 0 aliphatic carbocycles. The number of hydrogen-bond donors (Lipinski definition) is 3. The number of hydrogen-bond acceptors (Lipinski definition) is 5. The average molecular weight is 973 g/mol. The van der Waals surface area contributed by atoms with Gasteiger partial charge in [-0.1, -0.05) is 295 Å². The van der Waals surface area contributed by atoms with Gasteiger partial charge >= 0.3 is 5.97 Å². The van der Waals surface area contributed by atoms with Crippen molar-refractivity contribution < 1.29 is 24.5 Å². The van der Waals surface area contributed by atoms with Crippen LogP contribution in [0.1, 0.15) is 341 Å². The van der Waals surface area contributed by atoms with Crippen molar-refractivity contribution in [3.63, 3.8) is 0 Å². The first-order valence-electron chi connectivity index (χ1n) is 31.1. The Morgan fingerprint density at radius 2 is 0.681 bits per heavy atom. The van der Waals surface area contributed by atoms with Crippen molar-refractivity contribution in [2.45, 2.75) is 353 Å². The Labute approximate surface area is 431 Å². The molecular formula is C63H121NO5. The number of amides is 1. The molecule has 3 N–H and O–H groups in total. The van der Waals surface area contributed by atoms with E-state index in [2.05, 4.69) is 31.3 Å². The molecule has 2 atom stereocenters. The summed E-state index contributed by atoms with van der Waals surface area (Å²) in [5.41, 5.74) is 0. The van der Waals surface area contributed by atoms with E-state index < -0.39 is 12.1 Å². The molecule has 0 heterocycles. The van der Waals surface area contributed by atoms with Gasteiger partial charge in [0.2, 0.25) is 5.91 Å². The first-order valence-corrected chi connectivity index (χ1v) is 31.1. The Morgan fingerprint density at radius 1 is 0.391 bits per heavy atom. The van der Waals surface area contributed by atoms with Crippen molar-refractivity contribution in [3.8, 4) is 0 Å². The van der Waals surface area contributed by atoms with Crippen LogP contribution in [0.3, 0.4) is 0 Å². The van der Waals surface area contributed by atoms with Crippen molar-refractivity contribution in [2.75, 3.05) is 13.2 Å². The van der Waals surface area contributed by atoms with E-state index in [4.69, 9.17) is 4.74 Å². The van der Waals surface area contributed by atoms with E-state index >= 15 is 0 Å². The van der Waals surface area contributed by atoms with Gasteiger partial charge in [-0.15, -0.1) is 0 Å². The Kier molecular flexibility index (Phi) is 57.5. The van der Waals surface area contributed by atoms with Crippen LogP contribution in [-0.4, -0.2) is 47.4 Å². The molecule has 0 aromatic carbocycles. The summed E-state index contributed by atoms with van der Waals surface area (Å²) in [5, 5.41) is 23.0. The number of rotatable bonds is 58. The molecule has 0 aliphatic rings. The van der Waals surface area contributed by atoms with Crippen LogP contribution in [0.2, 0.25) is 0 Å². The molecular weight excluding hydrogens is 851 g/mol. The molecule has 0 bridgehead atoms. The van der Waals surface area contributed by atoms with Gasteiger partial charge in [0.05, 0.1) is 25.4 Å². The molecule has 0 saturated heterocycles. The minimum atomic E-state index is -0.839. The maximum atomic E-state index is 12.4. The van der Waals surface area contributed by atoms with Crippen LogP contribution >= 0.6 is 0 Å². The van der Waals surface area contributed by atoms with Gasteiger partial charge in [0.15, 0.2) is 0 Å². The number of nitrogens with one attached hydrogen (secondary N) is 1. The Morgan fingerprint density at radius 3 is 1.04 bits per heavy atom. The molecule has 0 fully saturated rings. The number of allylic oxidation sites excluding steroid dienone is 3. The van der Waals surface area contributed by atoms with Crippen LogP contribution in [0.15, 0.2) is 24.3 Å². The minimum absolute atomic E-state index is 0.00989. The summed E-state index contributed by atoms with van der Waals surface area (Å²) in [6, 6.07) is -0.623. The van der Waals surface area contributed by atoms with Crippen molar-refractivity contribution >= 4 is 11.9 Å². The van der Waals surface area contributed by atoms with Crippen molar-refractivity contribution in [3.05, 3.63) is 24.3 Å². The summed E-state index contributed by atoms with van der Waals surface area (Å²) < 4.78 is 5.48. The topological polar surface area (TPSA) is 95.9 Å². The second kappa shape index (κ2) is 58.9. The number of carbonyl (C=O) groups excluding carboxylic acids is 2. The van der Waals surface area contributed by atoms with Crippen LogP contribution < -0.4 is 5.32 Å². The summed E-state index contributed by atoms with van der Waals surface area (Å²) in [5.74, 6) is -0.0555. The summed E-state index contributed by atoms with van der Waals surface area (Å²) in [6.45, 7) is 4.88. The lowest BCUT2D eigenvalue weighted by Gasteiger charge is -2.20. The molecule has 6 heteroatoms. The third-order valence-corrected chi connectivity index (χ3v) is 14.5. The van der Waals surface area contributed by atoms with Gasteiger partial charge in [-0.3, -0.25) is 9.59 Å². The Balaban J connectivity index is 3.32. The molecule has 69 heavy (non-hydrogen) atoms. The fraction of sp³-hybridized carbons (Fsp3) is 0.905. The van der Waals surface area contributed by atoms with E-state index in [1.807, 2.05) is 6.08 Å². The molecule has 0 spiro atoms. The number of unbranched alkanes of at least 4 members (excludes halogenated alkanes) is 45. The number of aliphatic hydroxyl groups is 2. The minimum Gasteiger partial charge on any atom is -0.466 e. The summed E-state index contributed by atoms with van der Waals surface area (Å²) >= 11 is 0. The smallest absolute Gasteiger partial charge is 0.305 e. The standard InChI is InChI=1S/C63H121NO5/c1-3-5-7-9-11-13-15-33-37-41-45-49-53-57-63(68)69-58-54-50-46-42-38-35-32-30-28-26-24-22-20-18-16-17-19-21-23-25-27-29-31-34-36-40-44-48-52-56-62(67)64-60(59-65)61(66)55-51-47-43-39-14-12-10-8-6-4-2/h13,15,51,55,60-61,65-66H,3-12,14,16-50,52-54,56-59H2,1-2H3,(H,64,67)/b15-13-,55-51+. The zero-order chi connectivity index (χ0) is 50.0. The first-order chi connectivity index (χ1) is 34.0. The largest absolute Gasteiger partial charge is 0.466 e. The molecule has 6 nitrogen and oxygen atoms in total. The van der Waals surface area contributed by atoms with Crippen LogP contribution in [0.4, 0.5) is 0 Å². The van der Waals surface area contributed by atoms with Crippen molar-refractivity contribution in [1.82, 2.24) is 5.32 Å². The summed E-state index contributed by atoms with van der Waals surface area (Å²) in [7, 11) is 0. The van der Waals surface area contributed by atoms with Crippen LogP contribution in [-0.2, 0) is 14.3 Å². The van der Waals surface area contributed by atoms with E-state index in [1.165, 1.54) is 270 Å². The zero-order valence-electron chi connectivity index (χ0n) is 46.6. The molecule has 1 amide bonds. The molecule has 408 valence electrons. The lowest BCUT2D eigenvalue weighted by molar-refractivity contribution is -0.143. The molecule has 0 rings (SSSR count). The van der Waals surface area contributed by atoms with Crippen LogP contribution in [0, 0.1) is 0 Å². The van der Waals surface area contributed by atoms with Crippen LogP contribution in [0.5, 0.6) is 0 Å². The monoisotopic (exact) mass is 972 g/mol. The average Bonchev–Trinajstić information content (AvgIpc) is 3.35. The van der Waals surface area contributed by atoms with E-state index in [0.717, 1.165) is 44.9 Å². The third kappa shape index (κ3) is 55.5. The molecule has 0 aliphatic heterocycles. The zero-order valence-corrected chi connectivity index (χ0v) is 46.6. The Hall–Kier alpha value is -1.66. The van der Waals surface area contributed by atoms with Crippen LogP contribution in [0.25, 0.3) is 0 Å². The quantitative estimate of drug-likeness (QED) is 0.0321. The number of carbonyl (C=O) groups is 2. The highest BCUT2D eigenvalue weighted by Crippen LogP contribution is 2.18. The maximum absolute atomic E-state index is 12.4. The van der Waals surface area contributed by atoms with Gasteiger partial charge in [0, 0.05) is 12.8 Å². The maximum Gasteiger partial charge on any atom is 0.305 e. The van der Waals surface area contributed by atoms with E-state index in [0.29, 0.717) is 19.4 Å². The van der Waals surface area contributed by atoms with E-state index in [1.54, 1.807) is 6.08 Å². The lowest BCUT2D eigenvalue weighted by atomic mass is 10.0. The van der Waals surface area contributed by atoms with Gasteiger partial charge < -0.3 is 20.3 Å². The SMILES string of the molecule is CCCCCC/C=C\CCCCCCCC(=O)OCCCCCCCCCCCCCCCCCCCCCCCCCCCCCCCC(=O)NC(CO)C(O)/C=C/CCCCCCCCCC. The highest BCUT2D eigenvalue weighted by molar-refractivity contribution is 5.76. The fourth-order valence-electron chi connectivity index (χ4n) is 9.69. The lowest BCUT2D eigenvalue weighted by Crippen LogP contribution is -2.45. The second-order valence-corrected chi connectivity index (χ2v) is 21.4. The normalized spacial score (nSPS) is 12.7.